The fourth-order valence-corrected chi connectivity index (χ4v) is 4.17. The molecule has 0 saturated carbocycles. The summed E-state index contributed by atoms with van der Waals surface area (Å²) >= 11 is 0. The van der Waals surface area contributed by atoms with Gasteiger partial charge < -0.3 is 15.5 Å². The minimum atomic E-state index is -4.78. The summed E-state index contributed by atoms with van der Waals surface area (Å²) in [5, 5.41) is 5.49. The smallest absolute Gasteiger partial charge is 0.344 e. The molecule has 2 heterocycles. The summed E-state index contributed by atoms with van der Waals surface area (Å²) in [5.41, 5.74) is -0.361. The first-order valence-corrected chi connectivity index (χ1v) is 10.1. The van der Waals surface area contributed by atoms with Crippen LogP contribution in [0, 0.1) is 5.82 Å². The number of piperidine rings is 1. The highest BCUT2D eigenvalue weighted by molar-refractivity contribution is 6.07. The van der Waals surface area contributed by atoms with Crippen LogP contribution in [0.4, 0.5) is 23.2 Å². The van der Waals surface area contributed by atoms with E-state index in [-0.39, 0.29) is 11.9 Å². The van der Waals surface area contributed by atoms with Crippen LogP contribution >= 0.6 is 0 Å². The van der Waals surface area contributed by atoms with E-state index in [2.05, 4.69) is 15.5 Å². The van der Waals surface area contributed by atoms with Gasteiger partial charge in [-0.1, -0.05) is 12.5 Å². The van der Waals surface area contributed by atoms with Crippen molar-refractivity contribution in [3.05, 3.63) is 64.5 Å². The third-order valence-electron chi connectivity index (χ3n) is 5.63. The van der Waals surface area contributed by atoms with Crippen molar-refractivity contribution in [2.45, 2.75) is 31.5 Å². The summed E-state index contributed by atoms with van der Waals surface area (Å²) in [5.74, 6) is -2.30. The lowest BCUT2D eigenvalue weighted by atomic mass is 10.0. The Morgan fingerprint density at radius 2 is 1.87 bits per heavy atom. The minimum Gasteiger partial charge on any atom is -0.344 e. The zero-order valence-electron chi connectivity index (χ0n) is 16.6. The van der Waals surface area contributed by atoms with Crippen LogP contribution in [0.15, 0.2) is 36.4 Å². The molecule has 0 radical (unpaired) electrons. The van der Waals surface area contributed by atoms with E-state index in [1.54, 1.807) is 18.2 Å². The van der Waals surface area contributed by atoms with Gasteiger partial charge in [-0.3, -0.25) is 9.59 Å². The molecule has 2 aromatic carbocycles. The fourth-order valence-electron chi connectivity index (χ4n) is 4.17. The Labute approximate surface area is 176 Å². The minimum absolute atomic E-state index is 0.266. The number of carbonyl (C=O) groups excluding carboxylic acids is 2. The standard InChI is InChI=1S/C22H21F4N3O2/c23-15-10-13(9-14(11-15)22(24,25)26)20(30)27-17-6-4-5-16-19(17)18(28-21(16)31)12-29-7-2-1-3-8-29/h4-6,9-11,18H,1-3,7-8,12H2,(H,27,30)(H,28,31). The molecule has 2 N–H and O–H groups in total. The first kappa shape index (κ1) is 21.3. The van der Waals surface area contributed by atoms with Crippen LogP contribution in [0.25, 0.3) is 0 Å². The number of nitrogens with one attached hydrogen (secondary N) is 2. The number of benzene rings is 2. The second-order valence-corrected chi connectivity index (χ2v) is 7.83. The highest BCUT2D eigenvalue weighted by Gasteiger charge is 2.34. The van der Waals surface area contributed by atoms with Crippen LogP contribution in [0.5, 0.6) is 0 Å². The van der Waals surface area contributed by atoms with Crippen molar-refractivity contribution in [1.82, 2.24) is 10.2 Å². The van der Waals surface area contributed by atoms with Crippen molar-refractivity contribution in [2.75, 3.05) is 25.0 Å². The van der Waals surface area contributed by atoms with E-state index in [9.17, 15) is 27.2 Å². The Bertz CT molecular complexity index is 1020. The van der Waals surface area contributed by atoms with Gasteiger partial charge in [0.2, 0.25) is 0 Å². The summed E-state index contributed by atoms with van der Waals surface area (Å²) in [7, 11) is 0. The van der Waals surface area contributed by atoms with E-state index in [0.29, 0.717) is 35.5 Å². The van der Waals surface area contributed by atoms with Gasteiger partial charge in [-0.25, -0.2) is 4.39 Å². The van der Waals surface area contributed by atoms with E-state index < -0.39 is 29.0 Å². The molecule has 0 bridgehead atoms. The molecular formula is C22H21F4N3O2. The van der Waals surface area contributed by atoms with Crippen LogP contribution < -0.4 is 10.6 Å². The maximum absolute atomic E-state index is 13.7. The fraction of sp³-hybridized carbons (Fsp3) is 0.364. The molecule has 1 unspecified atom stereocenters. The third-order valence-corrected chi connectivity index (χ3v) is 5.63. The molecule has 1 saturated heterocycles. The molecule has 2 aromatic rings. The molecule has 31 heavy (non-hydrogen) atoms. The number of halogens is 4. The normalized spacial score (nSPS) is 19.1. The van der Waals surface area contributed by atoms with Crippen LogP contribution in [-0.2, 0) is 6.18 Å². The molecule has 164 valence electrons. The number of likely N-dealkylation sites (tertiary alicyclic amines) is 1. The number of fused-ring (bicyclic) bond motifs is 1. The van der Waals surface area contributed by atoms with Gasteiger partial charge in [0.15, 0.2) is 0 Å². The Hall–Kier alpha value is -2.94. The van der Waals surface area contributed by atoms with Gasteiger partial charge in [-0.2, -0.15) is 13.2 Å². The van der Waals surface area contributed by atoms with Crippen LogP contribution in [-0.4, -0.2) is 36.3 Å². The van der Waals surface area contributed by atoms with E-state index in [1.807, 2.05) is 0 Å². The van der Waals surface area contributed by atoms with Gasteiger partial charge in [0.25, 0.3) is 11.8 Å². The van der Waals surface area contributed by atoms with Crippen LogP contribution in [0.1, 0.15) is 57.1 Å². The SMILES string of the molecule is O=C(Nc1cccc2c1C(CN1CCCCC1)NC2=O)c1cc(F)cc(C(F)(F)F)c1. The number of hydrogen-bond donors (Lipinski definition) is 2. The number of amides is 2. The molecule has 5 nitrogen and oxygen atoms in total. The largest absolute Gasteiger partial charge is 0.416 e. The zero-order valence-corrected chi connectivity index (χ0v) is 16.6. The average molecular weight is 435 g/mol. The quantitative estimate of drug-likeness (QED) is 0.702. The molecule has 9 heteroatoms. The molecule has 2 amide bonds. The number of alkyl halides is 3. The maximum atomic E-state index is 13.7. The Morgan fingerprint density at radius 3 is 2.58 bits per heavy atom. The summed E-state index contributed by atoms with van der Waals surface area (Å²) < 4.78 is 52.7. The predicted molar refractivity (Wildman–Crippen MR) is 106 cm³/mol. The van der Waals surface area contributed by atoms with Crippen LogP contribution in [0.2, 0.25) is 0 Å². The molecule has 0 aromatic heterocycles. The molecule has 2 aliphatic rings. The van der Waals surface area contributed by atoms with E-state index >= 15 is 0 Å². The monoisotopic (exact) mass is 435 g/mol. The molecule has 1 atom stereocenters. The Kier molecular flexibility index (Phi) is 5.70. The summed E-state index contributed by atoms with van der Waals surface area (Å²) in [6.07, 6.45) is -1.46. The highest BCUT2D eigenvalue weighted by atomic mass is 19.4. The topological polar surface area (TPSA) is 61.4 Å². The summed E-state index contributed by atoms with van der Waals surface area (Å²) in [4.78, 5) is 27.3. The van der Waals surface area contributed by atoms with Crippen molar-refractivity contribution in [3.8, 4) is 0 Å². The van der Waals surface area contributed by atoms with Crippen molar-refractivity contribution in [3.63, 3.8) is 0 Å². The molecular weight excluding hydrogens is 414 g/mol. The van der Waals surface area contributed by atoms with Gasteiger partial charge in [-0.05, 0) is 56.3 Å². The Balaban J connectivity index is 1.61. The van der Waals surface area contributed by atoms with Crippen molar-refractivity contribution >= 4 is 17.5 Å². The van der Waals surface area contributed by atoms with E-state index in [0.717, 1.165) is 32.0 Å². The van der Waals surface area contributed by atoms with Gasteiger partial charge in [0.05, 0.1) is 11.6 Å². The van der Waals surface area contributed by atoms with Crippen molar-refractivity contribution < 1.29 is 27.2 Å². The van der Waals surface area contributed by atoms with Crippen molar-refractivity contribution in [1.29, 1.82) is 0 Å². The number of rotatable bonds is 4. The lowest BCUT2D eigenvalue weighted by Crippen LogP contribution is -2.37. The summed E-state index contributed by atoms with van der Waals surface area (Å²) in [6, 6.07) is 6.16. The van der Waals surface area contributed by atoms with Crippen LogP contribution in [0.3, 0.4) is 0 Å². The first-order valence-electron chi connectivity index (χ1n) is 10.1. The van der Waals surface area contributed by atoms with E-state index in [4.69, 9.17) is 0 Å². The average Bonchev–Trinajstić information content (AvgIpc) is 3.04. The number of nitrogens with zero attached hydrogens (tertiary/aromatic N) is 1. The second-order valence-electron chi connectivity index (χ2n) is 7.83. The molecule has 0 aliphatic carbocycles. The lowest BCUT2D eigenvalue weighted by molar-refractivity contribution is -0.137. The predicted octanol–water partition coefficient (Wildman–Crippen LogP) is 4.37. The lowest BCUT2D eigenvalue weighted by Gasteiger charge is -2.29. The maximum Gasteiger partial charge on any atom is 0.416 e. The third kappa shape index (κ3) is 4.56. The number of hydrogen-bond acceptors (Lipinski definition) is 3. The highest BCUT2D eigenvalue weighted by Crippen LogP contribution is 2.34. The van der Waals surface area contributed by atoms with Gasteiger partial charge in [-0.15, -0.1) is 0 Å². The summed E-state index contributed by atoms with van der Waals surface area (Å²) in [6.45, 7) is 2.41. The van der Waals surface area contributed by atoms with Gasteiger partial charge in [0.1, 0.15) is 5.82 Å². The van der Waals surface area contributed by atoms with E-state index in [1.165, 1.54) is 6.42 Å². The van der Waals surface area contributed by atoms with Crippen molar-refractivity contribution in [2.24, 2.45) is 0 Å². The number of carbonyl (C=O) groups is 2. The molecule has 2 aliphatic heterocycles. The second kappa shape index (κ2) is 8.30. The number of anilines is 1. The van der Waals surface area contributed by atoms with Gasteiger partial charge >= 0.3 is 6.18 Å². The molecule has 4 rings (SSSR count). The molecule has 0 spiro atoms. The zero-order chi connectivity index (χ0) is 22.2. The first-order chi connectivity index (χ1) is 14.7. The van der Waals surface area contributed by atoms with Gasteiger partial charge in [0, 0.05) is 28.9 Å². The Morgan fingerprint density at radius 1 is 1.13 bits per heavy atom. The molecule has 1 fully saturated rings.